The minimum absolute atomic E-state index is 0.0326. The fraction of sp³-hybridized carbons (Fsp3) is 0.381. The predicted octanol–water partition coefficient (Wildman–Crippen LogP) is 3.09. The monoisotopic (exact) mass is 468 g/mol. The van der Waals surface area contributed by atoms with Crippen molar-refractivity contribution in [2.45, 2.75) is 23.8 Å². The molecule has 168 valence electrons. The smallest absolute Gasteiger partial charge is 0.258 e. The van der Waals surface area contributed by atoms with Gasteiger partial charge in [-0.2, -0.15) is 0 Å². The number of hydrogen-bond acceptors (Lipinski definition) is 6. The number of methoxy groups -OCH3 is 2. The summed E-state index contributed by atoms with van der Waals surface area (Å²) in [7, 11) is 0.698. The van der Waals surface area contributed by atoms with E-state index in [2.05, 4.69) is 4.72 Å². The van der Waals surface area contributed by atoms with Crippen molar-refractivity contribution in [2.24, 2.45) is 0 Å². The molecule has 31 heavy (non-hydrogen) atoms. The van der Waals surface area contributed by atoms with Crippen molar-refractivity contribution in [1.82, 2.24) is 4.72 Å². The molecule has 10 heteroatoms. The molecule has 0 spiro atoms. The second-order valence-electron chi connectivity index (χ2n) is 7.04. The van der Waals surface area contributed by atoms with E-state index in [1.54, 1.807) is 25.2 Å². The van der Waals surface area contributed by atoms with Gasteiger partial charge >= 0.3 is 0 Å². The van der Waals surface area contributed by atoms with E-state index < -0.39 is 15.9 Å². The molecule has 1 amide bonds. The van der Waals surface area contributed by atoms with Gasteiger partial charge in [0.25, 0.3) is 5.91 Å². The molecular formula is C21H25ClN2O6S. The van der Waals surface area contributed by atoms with Gasteiger partial charge in [-0.1, -0.05) is 11.6 Å². The number of carbonyl (C=O) groups excluding carboxylic acids is 1. The highest BCUT2D eigenvalue weighted by Gasteiger charge is 2.24. The van der Waals surface area contributed by atoms with Crippen molar-refractivity contribution >= 4 is 33.2 Å². The Kier molecular flexibility index (Phi) is 7.42. The van der Waals surface area contributed by atoms with E-state index in [4.69, 9.17) is 25.8 Å². The second kappa shape index (κ2) is 9.86. The van der Waals surface area contributed by atoms with Crippen LogP contribution in [0.3, 0.4) is 0 Å². The van der Waals surface area contributed by atoms with Crippen LogP contribution in [0.2, 0.25) is 5.02 Å². The Labute approximate surface area is 187 Å². The van der Waals surface area contributed by atoms with Crippen molar-refractivity contribution in [1.29, 1.82) is 0 Å². The van der Waals surface area contributed by atoms with E-state index in [-0.39, 0.29) is 28.1 Å². The molecule has 0 saturated carbocycles. The van der Waals surface area contributed by atoms with E-state index in [1.165, 1.54) is 37.3 Å². The standard InChI is InChI=1S/C21H25ClN2O6S/c1-24(15-7-9-18(28-2)19(12-15)29-3)21(25)14-6-8-17(22)20(11-14)31(26,27)23-13-16-5-4-10-30-16/h6-9,11-12,16,23H,4-5,10,13H2,1-3H3. The van der Waals surface area contributed by atoms with E-state index in [0.29, 0.717) is 23.8 Å². The Morgan fingerprint density at radius 2 is 1.94 bits per heavy atom. The summed E-state index contributed by atoms with van der Waals surface area (Å²) >= 11 is 6.14. The molecular weight excluding hydrogens is 444 g/mol. The van der Waals surface area contributed by atoms with Gasteiger partial charge in [-0.05, 0) is 43.2 Å². The van der Waals surface area contributed by atoms with Gasteiger partial charge in [-0.3, -0.25) is 4.79 Å². The summed E-state index contributed by atoms with van der Waals surface area (Å²) < 4.78 is 44.0. The van der Waals surface area contributed by atoms with Crippen LogP contribution in [-0.2, 0) is 14.8 Å². The Bertz CT molecular complexity index is 1050. The van der Waals surface area contributed by atoms with Gasteiger partial charge in [-0.15, -0.1) is 0 Å². The summed E-state index contributed by atoms with van der Waals surface area (Å²) in [5, 5.41) is 0.0326. The number of sulfonamides is 1. The Morgan fingerprint density at radius 3 is 2.58 bits per heavy atom. The molecule has 0 aliphatic carbocycles. The van der Waals surface area contributed by atoms with Crippen LogP contribution in [0.1, 0.15) is 23.2 Å². The molecule has 2 aromatic rings. The van der Waals surface area contributed by atoms with Gasteiger partial charge in [0.15, 0.2) is 11.5 Å². The number of nitrogens with zero attached hydrogens (tertiary/aromatic N) is 1. The fourth-order valence-electron chi connectivity index (χ4n) is 3.27. The van der Waals surface area contributed by atoms with Crippen LogP contribution in [0.4, 0.5) is 5.69 Å². The van der Waals surface area contributed by atoms with Crippen molar-refractivity contribution < 1.29 is 27.4 Å². The summed E-state index contributed by atoms with van der Waals surface area (Å²) in [5.41, 5.74) is 0.734. The first kappa shape index (κ1) is 23.3. The topological polar surface area (TPSA) is 94.2 Å². The number of nitrogens with one attached hydrogen (secondary N) is 1. The third-order valence-electron chi connectivity index (χ3n) is 5.05. The van der Waals surface area contributed by atoms with Crippen LogP contribution in [0.25, 0.3) is 0 Å². The third-order valence-corrected chi connectivity index (χ3v) is 6.96. The number of benzene rings is 2. The molecule has 1 unspecified atom stereocenters. The number of ether oxygens (including phenoxy) is 3. The van der Waals surface area contributed by atoms with Gasteiger partial charge in [-0.25, -0.2) is 13.1 Å². The lowest BCUT2D eigenvalue weighted by molar-refractivity contribution is 0.0992. The van der Waals surface area contributed by atoms with Gasteiger partial charge < -0.3 is 19.1 Å². The number of hydrogen-bond donors (Lipinski definition) is 1. The number of anilines is 1. The van der Waals surface area contributed by atoms with Crippen LogP contribution in [0.5, 0.6) is 11.5 Å². The Hall–Kier alpha value is -2.33. The SMILES string of the molecule is COc1ccc(N(C)C(=O)c2ccc(Cl)c(S(=O)(=O)NCC3CCCO3)c2)cc1OC. The fourth-order valence-corrected chi connectivity index (χ4v) is 4.86. The van der Waals surface area contributed by atoms with Crippen LogP contribution in [0, 0.1) is 0 Å². The molecule has 1 saturated heterocycles. The molecule has 0 radical (unpaired) electrons. The molecule has 1 aliphatic heterocycles. The molecule has 1 aliphatic rings. The second-order valence-corrected chi connectivity index (χ2v) is 9.18. The minimum atomic E-state index is -3.91. The number of halogens is 1. The molecule has 3 rings (SSSR count). The molecule has 1 atom stereocenters. The highest BCUT2D eigenvalue weighted by atomic mass is 35.5. The lowest BCUT2D eigenvalue weighted by Crippen LogP contribution is -2.32. The molecule has 0 aromatic heterocycles. The van der Waals surface area contributed by atoms with Crippen molar-refractivity contribution in [3.63, 3.8) is 0 Å². The van der Waals surface area contributed by atoms with Crippen molar-refractivity contribution in [2.75, 3.05) is 39.3 Å². The lowest BCUT2D eigenvalue weighted by Gasteiger charge is -2.20. The zero-order valence-electron chi connectivity index (χ0n) is 17.6. The Morgan fingerprint density at radius 1 is 1.19 bits per heavy atom. The largest absolute Gasteiger partial charge is 0.493 e. The Balaban J connectivity index is 1.83. The lowest BCUT2D eigenvalue weighted by atomic mass is 10.2. The number of rotatable bonds is 8. The zero-order chi connectivity index (χ0) is 22.6. The first-order chi connectivity index (χ1) is 14.8. The van der Waals surface area contributed by atoms with Gasteiger partial charge in [0.2, 0.25) is 10.0 Å². The molecule has 1 N–H and O–H groups in total. The van der Waals surface area contributed by atoms with Crippen molar-refractivity contribution in [3.8, 4) is 11.5 Å². The average molecular weight is 469 g/mol. The van der Waals surface area contributed by atoms with Gasteiger partial charge in [0, 0.05) is 37.5 Å². The summed E-state index contributed by atoms with van der Waals surface area (Å²) in [6.45, 7) is 0.780. The van der Waals surface area contributed by atoms with Crippen LogP contribution in [0.15, 0.2) is 41.3 Å². The highest BCUT2D eigenvalue weighted by molar-refractivity contribution is 7.89. The van der Waals surface area contributed by atoms with E-state index >= 15 is 0 Å². The van der Waals surface area contributed by atoms with E-state index in [9.17, 15) is 13.2 Å². The quantitative estimate of drug-likeness (QED) is 0.639. The van der Waals surface area contributed by atoms with Crippen LogP contribution in [-0.4, -0.2) is 54.8 Å². The van der Waals surface area contributed by atoms with E-state index in [0.717, 1.165) is 12.8 Å². The number of amides is 1. The molecule has 8 nitrogen and oxygen atoms in total. The van der Waals surface area contributed by atoms with E-state index in [1.807, 2.05) is 0 Å². The third kappa shape index (κ3) is 5.30. The zero-order valence-corrected chi connectivity index (χ0v) is 19.1. The average Bonchev–Trinajstić information content (AvgIpc) is 3.30. The maximum absolute atomic E-state index is 13.0. The molecule has 1 heterocycles. The summed E-state index contributed by atoms with van der Waals surface area (Å²) in [5.74, 6) is 0.598. The predicted molar refractivity (Wildman–Crippen MR) is 118 cm³/mol. The van der Waals surface area contributed by atoms with Crippen molar-refractivity contribution in [3.05, 3.63) is 47.0 Å². The number of carbonyl (C=O) groups is 1. The first-order valence-electron chi connectivity index (χ1n) is 9.67. The van der Waals surface area contributed by atoms with Crippen LogP contribution >= 0.6 is 11.6 Å². The summed E-state index contributed by atoms with van der Waals surface area (Å²) in [6.07, 6.45) is 1.54. The highest BCUT2D eigenvalue weighted by Crippen LogP contribution is 2.32. The molecule has 2 aromatic carbocycles. The molecule has 1 fully saturated rings. The molecule has 0 bridgehead atoms. The maximum atomic E-state index is 13.0. The van der Waals surface area contributed by atoms with Gasteiger partial charge in [0.1, 0.15) is 4.90 Å². The maximum Gasteiger partial charge on any atom is 0.258 e. The summed E-state index contributed by atoms with van der Waals surface area (Å²) in [4.78, 5) is 14.3. The minimum Gasteiger partial charge on any atom is -0.493 e. The first-order valence-corrected chi connectivity index (χ1v) is 11.5. The normalized spacial score (nSPS) is 16.2. The van der Waals surface area contributed by atoms with Crippen LogP contribution < -0.4 is 19.1 Å². The van der Waals surface area contributed by atoms with Gasteiger partial charge in [0.05, 0.1) is 25.3 Å². The summed E-state index contributed by atoms with van der Waals surface area (Å²) in [6, 6.07) is 9.22.